The van der Waals surface area contributed by atoms with Crippen LogP contribution in [-0.4, -0.2) is 10.9 Å². The number of amides is 1. The Morgan fingerprint density at radius 1 is 1.47 bits per heavy atom. The van der Waals surface area contributed by atoms with Gasteiger partial charge in [-0.25, -0.2) is 0 Å². The molecule has 0 spiro atoms. The van der Waals surface area contributed by atoms with E-state index in [2.05, 4.69) is 21.2 Å². The lowest BCUT2D eigenvalue weighted by molar-refractivity contribution is -0.122. The van der Waals surface area contributed by atoms with Crippen molar-refractivity contribution in [3.8, 4) is 0 Å². The van der Waals surface area contributed by atoms with Crippen molar-refractivity contribution in [2.45, 2.75) is 26.7 Å². The summed E-state index contributed by atoms with van der Waals surface area (Å²) in [5, 5.41) is 3.28. The second-order valence-corrected chi connectivity index (χ2v) is 5.99. The maximum Gasteiger partial charge on any atom is 0.237 e. The van der Waals surface area contributed by atoms with Crippen molar-refractivity contribution in [2.24, 2.45) is 11.1 Å². The van der Waals surface area contributed by atoms with Crippen LogP contribution >= 0.6 is 39.7 Å². The summed E-state index contributed by atoms with van der Waals surface area (Å²) >= 11 is 14.4. The third-order valence-electron chi connectivity index (χ3n) is 3.29. The molecule has 104 valence electrons. The first-order valence-corrected chi connectivity index (χ1v) is 7.51. The Balaban J connectivity index is 3.07. The average Bonchev–Trinajstić information content (AvgIpc) is 2.35. The van der Waals surface area contributed by atoms with E-state index in [1.165, 1.54) is 0 Å². The van der Waals surface area contributed by atoms with Gasteiger partial charge in [0, 0.05) is 4.47 Å². The molecule has 0 atom stereocenters. The van der Waals surface area contributed by atoms with E-state index in [1.807, 2.05) is 13.8 Å². The molecule has 0 saturated heterocycles. The van der Waals surface area contributed by atoms with Crippen molar-refractivity contribution < 1.29 is 4.79 Å². The Morgan fingerprint density at radius 3 is 2.53 bits per heavy atom. The smallest absolute Gasteiger partial charge is 0.237 e. The van der Waals surface area contributed by atoms with Gasteiger partial charge in [0.15, 0.2) is 0 Å². The molecule has 3 nitrogen and oxygen atoms in total. The number of carbonyl (C=O) groups excluding carboxylic acids is 1. The molecule has 0 aliphatic heterocycles. The Morgan fingerprint density at radius 2 is 2.05 bits per heavy atom. The molecular weight excluding hydrogens is 348 g/mol. The Labute approximate surface area is 132 Å². The van der Waals surface area contributed by atoms with E-state index in [-0.39, 0.29) is 10.9 Å². The standard InChI is InChI=1S/C13H16BrClN2OS/c1-3-13(4-2,11(16)19)12(18)17-10-7-8(14)5-6-9(10)15/h5-7H,3-4H2,1-2H3,(H2,16,19)(H,17,18). The SMILES string of the molecule is CCC(CC)(C(=O)Nc1cc(Br)ccc1Cl)C(N)=S. The normalized spacial score (nSPS) is 11.2. The van der Waals surface area contributed by atoms with Gasteiger partial charge in [0.2, 0.25) is 5.91 Å². The van der Waals surface area contributed by atoms with Crippen LogP contribution in [0.25, 0.3) is 0 Å². The molecule has 0 bridgehead atoms. The van der Waals surface area contributed by atoms with Crippen LogP contribution in [0.2, 0.25) is 5.02 Å². The van der Waals surface area contributed by atoms with Crippen molar-refractivity contribution in [1.29, 1.82) is 0 Å². The van der Waals surface area contributed by atoms with Gasteiger partial charge < -0.3 is 11.1 Å². The lowest BCUT2D eigenvalue weighted by Gasteiger charge is -2.29. The van der Waals surface area contributed by atoms with Gasteiger partial charge in [-0.2, -0.15) is 0 Å². The molecule has 3 N–H and O–H groups in total. The van der Waals surface area contributed by atoms with Crippen molar-refractivity contribution in [2.75, 3.05) is 5.32 Å². The molecule has 19 heavy (non-hydrogen) atoms. The highest BCUT2D eigenvalue weighted by Gasteiger charge is 2.38. The van der Waals surface area contributed by atoms with Gasteiger partial charge in [0.1, 0.15) is 0 Å². The third-order valence-corrected chi connectivity index (χ3v) is 4.50. The third kappa shape index (κ3) is 3.46. The number of rotatable bonds is 5. The van der Waals surface area contributed by atoms with Crippen LogP contribution in [0.5, 0.6) is 0 Å². The average molecular weight is 364 g/mol. The van der Waals surface area contributed by atoms with E-state index in [0.717, 1.165) is 4.47 Å². The fourth-order valence-electron chi connectivity index (χ4n) is 1.87. The number of thiocarbonyl (C=S) groups is 1. The van der Waals surface area contributed by atoms with E-state index in [0.29, 0.717) is 23.6 Å². The van der Waals surface area contributed by atoms with Gasteiger partial charge in [-0.3, -0.25) is 4.79 Å². The quantitative estimate of drug-likeness (QED) is 0.773. The van der Waals surface area contributed by atoms with Crippen molar-refractivity contribution >= 4 is 56.3 Å². The lowest BCUT2D eigenvalue weighted by atomic mass is 9.81. The maximum atomic E-state index is 12.4. The molecule has 0 aliphatic carbocycles. The number of carbonyl (C=O) groups is 1. The molecule has 1 amide bonds. The summed E-state index contributed by atoms with van der Waals surface area (Å²) in [5.41, 5.74) is 5.46. The maximum absolute atomic E-state index is 12.4. The number of hydrogen-bond acceptors (Lipinski definition) is 2. The van der Waals surface area contributed by atoms with E-state index in [4.69, 9.17) is 29.6 Å². The summed E-state index contributed by atoms with van der Waals surface area (Å²) in [6, 6.07) is 5.26. The summed E-state index contributed by atoms with van der Waals surface area (Å²) in [7, 11) is 0. The van der Waals surface area contributed by atoms with Crippen molar-refractivity contribution in [3.05, 3.63) is 27.7 Å². The number of anilines is 1. The summed E-state index contributed by atoms with van der Waals surface area (Å²) in [6.45, 7) is 3.79. The highest BCUT2D eigenvalue weighted by molar-refractivity contribution is 9.10. The van der Waals surface area contributed by atoms with Crippen LogP contribution in [0.4, 0.5) is 5.69 Å². The second-order valence-electron chi connectivity index (χ2n) is 4.23. The van der Waals surface area contributed by atoms with Gasteiger partial charge in [0.05, 0.1) is 21.1 Å². The first kappa shape index (κ1) is 16.4. The predicted octanol–water partition coefficient (Wildman–Crippen LogP) is 4.13. The van der Waals surface area contributed by atoms with Gasteiger partial charge in [-0.05, 0) is 31.0 Å². The molecule has 1 aromatic rings. The molecule has 6 heteroatoms. The first-order valence-electron chi connectivity index (χ1n) is 5.93. The molecule has 0 radical (unpaired) electrons. The van der Waals surface area contributed by atoms with Crippen LogP contribution in [0.3, 0.4) is 0 Å². The minimum absolute atomic E-state index is 0.209. The summed E-state index contributed by atoms with van der Waals surface area (Å²) in [6.07, 6.45) is 1.10. The number of hydrogen-bond donors (Lipinski definition) is 2. The van der Waals surface area contributed by atoms with Gasteiger partial charge >= 0.3 is 0 Å². The van der Waals surface area contributed by atoms with E-state index in [9.17, 15) is 4.79 Å². The number of nitrogens with two attached hydrogens (primary N) is 1. The molecular formula is C13H16BrClN2OS. The monoisotopic (exact) mass is 362 g/mol. The highest BCUT2D eigenvalue weighted by atomic mass is 79.9. The van der Waals surface area contributed by atoms with E-state index < -0.39 is 5.41 Å². The van der Waals surface area contributed by atoms with Gasteiger partial charge in [-0.15, -0.1) is 0 Å². The Kier molecular flexibility index (Phi) is 5.77. The zero-order valence-electron chi connectivity index (χ0n) is 10.8. The fraction of sp³-hybridized carbons (Fsp3) is 0.385. The molecule has 0 heterocycles. The lowest BCUT2D eigenvalue weighted by Crippen LogP contribution is -2.45. The van der Waals surface area contributed by atoms with Gasteiger partial charge in [0.25, 0.3) is 0 Å². The van der Waals surface area contributed by atoms with Crippen LogP contribution < -0.4 is 11.1 Å². The van der Waals surface area contributed by atoms with Crippen LogP contribution in [0.1, 0.15) is 26.7 Å². The summed E-state index contributed by atoms with van der Waals surface area (Å²) < 4.78 is 0.834. The summed E-state index contributed by atoms with van der Waals surface area (Å²) in [4.78, 5) is 12.7. The molecule has 0 saturated carbocycles. The van der Waals surface area contributed by atoms with Gasteiger partial charge in [-0.1, -0.05) is 53.6 Å². The van der Waals surface area contributed by atoms with Crippen molar-refractivity contribution in [3.63, 3.8) is 0 Å². The minimum atomic E-state index is -0.832. The fourth-order valence-corrected chi connectivity index (χ4v) is 2.77. The van der Waals surface area contributed by atoms with Crippen LogP contribution in [0.15, 0.2) is 22.7 Å². The van der Waals surface area contributed by atoms with Crippen LogP contribution in [-0.2, 0) is 4.79 Å². The molecule has 0 unspecified atom stereocenters. The molecule has 0 aliphatic rings. The highest BCUT2D eigenvalue weighted by Crippen LogP contribution is 2.31. The van der Waals surface area contributed by atoms with Crippen LogP contribution in [0, 0.1) is 5.41 Å². The zero-order chi connectivity index (χ0) is 14.6. The predicted molar refractivity (Wildman–Crippen MR) is 87.6 cm³/mol. The first-order chi connectivity index (χ1) is 8.87. The largest absolute Gasteiger partial charge is 0.392 e. The number of halogens is 2. The van der Waals surface area contributed by atoms with Crippen molar-refractivity contribution in [1.82, 2.24) is 0 Å². The number of nitrogens with one attached hydrogen (secondary N) is 1. The topological polar surface area (TPSA) is 55.1 Å². The Hall–Kier alpha value is -0.650. The minimum Gasteiger partial charge on any atom is -0.392 e. The molecule has 1 rings (SSSR count). The zero-order valence-corrected chi connectivity index (χ0v) is 14.0. The summed E-state index contributed by atoms with van der Waals surface area (Å²) in [5.74, 6) is -0.218. The Bertz CT molecular complexity index is 503. The van der Waals surface area contributed by atoms with E-state index >= 15 is 0 Å². The molecule has 0 aromatic heterocycles. The second kappa shape index (κ2) is 6.68. The van der Waals surface area contributed by atoms with E-state index in [1.54, 1.807) is 18.2 Å². The molecule has 0 fully saturated rings. The number of benzene rings is 1. The molecule has 1 aromatic carbocycles.